The Hall–Kier alpha value is -0.530. The molecular weight excluding hydrogens is 348 g/mol. The summed E-state index contributed by atoms with van der Waals surface area (Å²) >= 11 is 4.67. The van der Waals surface area contributed by atoms with Crippen LogP contribution in [0.1, 0.15) is 25.1 Å². The summed E-state index contributed by atoms with van der Waals surface area (Å²) in [5, 5.41) is 0. The van der Waals surface area contributed by atoms with Crippen LogP contribution >= 0.6 is 27.3 Å². The Bertz CT molecular complexity index is 736. The van der Waals surface area contributed by atoms with E-state index in [0.29, 0.717) is 5.65 Å². The highest BCUT2D eigenvalue weighted by Crippen LogP contribution is 2.33. The highest BCUT2D eigenvalue weighted by Gasteiger charge is 2.23. The van der Waals surface area contributed by atoms with Gasteiger partial charge in [-0.25, -0.2) is 18.4 Å². The lowest BCUT2D eigenvalue weighted by molar-refractivity contribution is 0.582. The van der Waals surface area contributed by atoms with Crippen LogP contribution in [0, 0.1) is 19.8 Å². The largest absolute Gasteiger partial charge is 0.231 e. The van der Waals surface area contributed by atoms with Crippen LogP contribution in [-0.2, 0) is 9.84 Å². The van der Waals surface area contributed by atoms with Crippen molar-refractivity contribution < 1.29 is 8.42 Å². The number of thiazole rings is 1. The van der Waals surface area contributed by atoms with Crippen molar-refractivity contribution in [1.29, 1.82) is 0 Å². The van der Waals surface area contributed by atoms with Gasteiger partial charge in [0, 0.05) is 4.47 Å². The maximum absolute atomic E-state index is 12.2. The molecule has 104 valence electrons. The van der Waals surface area contributed by atoms with Gasteiger partial charge in [0.25, 0.3) is 0 Å². The first-order valence-electron chi connectivity index (χ1n) is 5.88. The Morgan fingerprint density at radius 1 is 1.26 bits per heavy atom. The fourth-order valence-corrected chi connectivity index (χ4v) is 5.21. The Labute approximate surface area is 125 Å². The lowest BCUT2D eigenvalue weighted by Crippen LogP contribution is -2.11. The first-order valence-corrected chi connectivity index (χ1v) is 9.14. The highest BCUT2D eigenvalue weighted by molar-refractivity contribution is 9.10. The second-order valence-corrected chi connectivity index (χ2v) is 8.94. The summed E-state index contributed by atoms with van der Waals surface area (Å²) < 4.78 is 26.3. The summed E-state index contributed by atoms with van der Waals surface area (Å²) in [7, 11) is -3.31. The molecule has 0 bridgehead atoms. The molecule has 19 heavy (non-hydrogen) atoms. The summed E-state index contributed by atoms with van der Waals surface area (Å²) in [5.41, 5.74) is 2.33. The summed E-state index contributed by atoms with van der Waals surface area (Å²) in [5.74, 6) is 0.200. The van der Waals surface area contributed by atoms with Crippen LogP contribution in [0.15, 0.2) is 8.81 Å². The van der Waals surface area contributed by atoms with Gasteiger partial charge in [0.15, 0.2) is 5.65 Å². The normalized spacial score (nSPS) is 12.5. The van der Waals surface area contributed by atoms with Crippen LogP contribution < -0.4 is 0 Å². The van der Waals surface area contributed by atoms with Gasteiger partial charge < -0.3 is 0 Å². The van der Waals surface area contributed by atoms with E-state index in [0.717, 1.165) is 20.4 Å². The summed E-state index contributed by atoms with van der Waals surface area (Å²) in [6.45, 7) is 7.58. The zero-order valence-corrected chi connectivity index (χ0v) is 14.4. The molecule has 0 fully saturated rings. The molecule has 0 atom stereocenters. The molecule has 0 aromatic carbocycles. The average Bonchev–Trinajstić information content (AvgIpc) is 2.69. The van der Waals surface area contributed by atoms with E-state index in [-0.39, 0.29) is 16.0 Å². The van der Waals surface area contributed by atoms with E-state index in [2.05, 4.69) is 25.9 Å². The number of nitrogens with zero attached hydrogens (tertiary/aromatic N) is 2. The molecule has 2 aromatic rings. The lowest BCUT2D eigenvalue weighted by Gasteiger charge is -2.02. The molecule has 0 N–H and O–H groups in total. The van der Waals surface area contributed by atoms with Crippen molar-refractivity contribution in [3.8, 4) is 0 Å². The van der Waals surface area contributed by atoms with Crippen molar-refractivity contribution >= 4 is 47.5 Å². The third kappa shape index (κ3) is 2.83. The summed E-state index contributed by atoms with van der Waals surface area (Å²) in [6.07, 6.45) is 0. The predicted octanol–water partition coefficient (Wildman–Crippen LogP) is 3.50. The first-order chi connectivity index (χ1) is 8.72. The maximum atomic E-state index is 12.2. The van der Waals surface area contributed by atoms with Gasteiger partial charge in [-0.2, -0.15) is 0 Å². The number of hydrogen-bond donors (Lipinski definition) is 0. The quantitative estimate of drug-likeness (QED) is 0.838. The first kappa shape index (κ1) is 14.9. The van der Waals surface area contributed by atoms with Crippen LogP contribution in [0.5, 0.6) is 0 Å². The molecule has 0 aliphatic carbocycles. The van der Waals surface area contributed by atoms with E-state index in [1.165, 1.54) is 11.3 Å². The second-order valence-electron chi connectivity index (χ2n) is 4.94. The molecule has 7 heteroatoms. The van der Waals surface area contributed by atoms with Gasteiger partial charge in [0.1, 0.15) is 0 Å². The Morgan fingerprint density at radius 3 is 2.47 bits per heavy atom. The zero-order valence-electron chi connectivity index (χ0n) is 11.2. The van der Waals surface area contributed by atoms with Gasteiger partial charge in [-0.15, -0.1) is 11.3 Å². The van der Waals surface area contributed by atoms with Crippen molar-refractivity contribution in [3.63, 3.8) is 0 Å². The summed E-state index contributed by atoms with van der Waals surface area (Å²) in [4.78, 5) is 8.54. The standard InChI is InChI=1S/C12H15BrN2O2S2/c1-6(2)5-19(16,17)12-15-11-10(18-12)7(3)9(13)8(4)14-11/h6H,5H2,1-4H3. The maximum Gasteiger partial charge on any atom is 0.211 e. The van der Waals surface area contributed by atoms with E-state index in [1.54, 1.807) is 0 Å². The predicted molar refractivity (Wildman–Crippen MR) is 81.5 cm³/mol. The van der Waals surface area contributed by atoms with Crippen molar-refractivity contribution in [3.05, 3.63) is 15.7 Å². The minimum atomic E-state index is -3.31. The van der Waals surface area contributed by atoms with Crippen molar-refractivity contribution in [2.45, 2.75) is 32.0 Å². The van der Waals surface area contributed by atoms with Crippen LogP contribution in [0.25, 0.3) is 10.3 Å². The van der Waals surface area contributed by atoms with E-state index < -0.39 is 9.84 Å². The topological polar surface area (TPSA) is 59.9 Å². The fraction of sp³-hybridized carbons (Fsp3) is 0.500. The number of sulfone groups is 1. The smallest absolute Gasteiger partial charge is 0.211 e. The van der Waals surface area contributed by atoms with Gasteiger partial charge in [0.05, 0.1) is 16.1 Å². The number of hydrogen-bond acceptors (Lipinski definition) is 5. The SMILES string of the molecule is Cc1nc2nc(S(=O)(=O)CC(C)C)sc2c(C)c1Br. The van der Waals surface area contributed by atoms with E-state index in [4.69, 9.17) is 0 Å². The number of pyridine rings is 1. The van der Waals surface area contributed by atoms with E-state index >= 15 is 0 Å². The highest BCUT2D eigenvalue weighted by atomic mass is 79.9. The third-order valence-corrected chi connectivity index (χ3v) is 7.54. The molecule has 0 radical (unpaired) electrons. The lowest BCUT2D eigenvalue weighted by atomic mass is 10.2. The summed E-state index contributed by atoms with van der Waals surface area (Å²) in [6, 6.07) is 0. The van der Waals surface area contributed by atoms with E-state index in [1.807, 2.05) is 27.7 Å². The van der Waals surface area contributed by atoms with E-state index in [9.17, 15) is 8.42 Å². The molecule has 0 spiro atoms. The van der Waals surface area contributed by atoms with Crippen LogP contribution in [0.2, 0.25) is 0 Å². The molecule has 0 unspecified atom stereocenters. The van der Waals surface area contributed by atoms with Crippen molar-refractivity contribution in [2.75, 3.05) is 5.75 Å². The number of rotatable bonds is 3. The van der Waals surface area contributed by atoms with Crippen molar-refractivity contribution in [1.82, 2.24) is 9.97 Å². The zero-order chi connectivity index (χ0) is 14.4. The number of fused-ring (bicyclic) bond motifs is 1. The fourth-order valence-electron chi connectivity index (χ4n) is 1.84. The minimum Gasteiger partial charge on any atom is -0.231 e. The van der Waals surface area contributed by atoms with Crippen LogP contribution in [0.3, 0.4) is 0 Å². The molecule has 2 rings (SSSR count). The minimum absolute atomic E-state index is 0.0829. The van der Waals surface area contributed by atoms with Crippen LogP contribution in [-0.4, -0.2) is 24.1 Å². The van der Waals surface area contributed by atoms with Gasteiger partial charge in [-0.05, 0) is 41.3 Å². The van der Waals surface area contributed by atoms with Gasteiger partial charge in [-0.3, -0.25) is 0 Å². The molecule has 0 aliphatic rings. The molecule has 4 nitrogen and oxygen atoms in total. The Balaban J connectivity index is 2.63. The molecule has 0 aliphatic heterocycles. The Kier molecular flexibility index (Phi) is 3.99. The number of aromatic nitrogens is 2. The molecule has 2 aromatic heterocycles. The molecular formula is C12H15BrN2O2S2. The molecule has 0 saturated carbocycles. The third-order valence-electron chi connectivity index (χ3n) is 2.67. The molecule has 2 heterocycles. The van der Waals surface area contributed by atoms with Gasteiger partial charge in [0.2, 0.25) is 14.2 Å². The second kappa shape index (κ2) is 5.10. The van der Waals surface area contributed by atoms with Crippen molar-refractivity contribution in [2.24, 2.45) is 5.92 Å². The molecule has 0 saturated heterocycles. The number of aryl methyl sites for hydroxylation is 2. The van der Waals surface area contributed by atoms with Gasteiger partial charge >= 0.3 is 0 Å². The molecule has 0 amide bonds. The average molecular weight is 363 g/mol. The van der Waals surface area contributed by atoms with Gasteiger partial charge in [-0.1, -0.05) is 13.8 Å². The Morgan fingerprint density at radius 2 is 1.89 bits per heavy atom. The van der Waals surface area contributed by atoms with Crippen LogP contribution in [0.4, 0.5) is 0 Å². The number of halogens is 1. The monoisotopic (exact) mass is 362 g/mol.